The highest BCUT2D eigenvalue weighted by Crippen LogP contribution is 2.28. The number of carboxylic acid groups (broad SMARTS) is 1. The first-order valence-electron chi connectivity index (χ1n) is 10.2. The van der Waals surface area contributed by atoms with Crippen LogP contribution < -0.4 is 5.32 Å². The van der Waals surface area contributed by atoms with Gasteiger partial charge in [-0.3, -0.25) is 4.79 Å². The summed E-state index contributed by atoms with van der Waals surface area (Å²) in [7, 11) is 0. The number of nitrogens with zero attached hydrogens (tertiary/aromatic N) is 1. The molecule has 0 spiro atoms. The van der Waals surface area contributed by atoms with E-state index in [0.29, 0.717) is 22.3 Å². The summed E-state index contributed by atoms with van der Waals surface area (Å²) >= 11 is 0. The molecule has 0 aliphatic heterocycles. The quantitative estimate of drug-likeness (QED) is 0.421. The fourth-order valence-electron chi connectivity index (χ4n) is 3.71. The summed E-state index contributed by atoms with van der Waals surface area (Å²) in [5.74, 6) is -0.775. The lowest BCUT2D eigenvalue weighted by Crippen LogP contribution is -2.16. The van der Waals surface area contributed by atoms with Crippen molar-refractivity contribution in [1.29, 1.82) is 0 Å². The van der Waals surface area contributed by atoms with Crippen LogP contribution in [-0.2, 0) is 6.42 Å². The monoisotopic (exact) mass is 410 g/mol. The normalized spacial score (nSPS) is 10.7. The van der Waals surface area contributed by atoms with Crippen LogP contribution in [0.2, 0.25) is 0 Å². The fourth-order valence-corrected chi connectivity index (χ4v) is 3.71. The number of amides is 1. The molecule has 5 heteroatoms. The van der Waals surface area contributed by atoms with E-state index in [1.807, 2.05) is 48.5 Å². The third-order valence-electron chi connectivity index (χ3n) is 5.16. The van der Waals surface area contributed by atoms with Crippen LogP contribution in [0.15, 0.2) is 78.9 Å². The summed E-state index contributed by atoms with van der Waals surface area (Å²) in [4.78, 5) is 29.0. The molecule has 0 bridgehead atoms. The Labute approximate surface area is 180 Å². The molecule has 2 N–H and O–H groups in total. The van der Waals surface area contributed by atoms with Crippen molar-refractivity contribution in [3.63, 3.8) is 0 Å². The maximum atomic E-state index is 13.4. The van der Waals surface area contributed by atoms with Crippen LogP contribution in [0, 0.1) is 0 Å². The molecule has 1 amide bonds. The van der Waals surface area contributed by atoms with E-state index in [2.05, 4.69) is 17.2 Å². The van der Waals surface area contributed by atoms with Crippen molar-refractivity contribution in [3.8, 4) is 11.1 Å². The Hall–Kier alpha value is -3.99. The van der Waals surface area contributed by atoms with Gasteiger partial charge in [0.15, 0.2) is 0 Å². The molecule has 0 unspecified atom stereocenters. The summed E-state index contributed by atoms with van der Waals surface area (Å²) in [5.41, 5.74) is 4.33. The molecule has 154 valence electrons. The number of hydrogen-bond acceptors (Lipinski definition) is 3. The van der Waals surface area contributed by atoms with Crippen LogP contribution in [0.4, 0.5) is 5.82 Å². The molecule has 0 fully saturated rings. The number of benzene rings is 3. The highest BCUT2D eigenvalue weighted by molar-refractivity contribution is 6.09. The molecule has 0 saturated heterocycles. The van der Waals surface area contributed by atoms with E-state index >= 15 is 0 Å². The number of aryl methyl sites for hydroxylation is 1. The molecule has 0 atom stereocenters. The SMILES string of the molecule is CCCc1cccc(-c2ccccc2)c1C(=O)Nc1ccc2cc(C(=O)O)ccc2n1. The van der Waals surface area contributed by atoms with Crippen molar-refractivity contribution in [2.45, 2.75) is 19.8 Å². The van der Waals surface area contributed by atoms with Crippen LogP contribution in [0.5, 0.6) is 0 Å². The van der Waals surface area contributed by atoms with Crippen LogP contribution in [0.1, 0.15) is 39.6 Å². The molecule has 0 saturated carbocycles. The number of carbonyl (C=O) groups is 2. The molecule has 4 aromatic rings. The first kappa shape index (κ1) is 20.3. The van der Waals surface area contributed by atoms with E-state index < -0.39 is 5.97 Å². The van der Waals surface area contributed by atoms with Gasteiger partial charge in [-0.1, -0.05) is 61.9 Å². The summed E-state index contributed by atoms with van der Waals surface area (Å²) in [6, 6.07) is 24.0. The van der Waals surface area contributed by atoms with E-state index in [9.17, 15) is 9.59 Å². The number of pyridine rings is 1. The van der Waals surface area contributed by atoms with Crippen molar-refractivity contribution in [2.75, 3.05) is 5.32 Å². The Kier molecular flexibility index (Phi) is 5.76. The highest BCUT2D eigenvalue weighted by atomic mass is 16.4. The molecule has 4 rings (SSSR count). The van der Waals surface area contributed by atoms with Gasteiger partial charge in [0, 0.05) is 5.39 Å². The number of nitrogens with one attached hydrogen (secondary N) is 1. The van der Waals surface area contributed by atoms with Crippen molar-refractivity contribution < 1.29 is 14.7 Å². The highest BCUT2D eigenvalue weighted by Gasteiger charge is 2.18. The number of carboxylic acids is 1. The second-order valence-electron chi connectivity index (χ2n) is 7.32. The van der Waals surface area contributed by atoms with Gasteiger partial charge in [-0.25, -0.2) is 9.78 Å². The lowest BCUT2D eigenvalue weighted by Gasteiger charge is -2.15. The van der Waals surface area contributed by atoms with Gasteiger partial charge >= 0.3 is 5.97 Å². The Bertz CT molecular complexity index is 1270. The zero-order valence-corrected chi connectivity index (χ0v) is 17.1. The first-order chi connectivity index (χ1) is 15.1. The van der Waals surface area contributed by atoms with Crippen molar-refractivity contribution in [1.82, 2.24) is 4.98 Å². The molecule has 1 aromatic heterocycles. The van der Waals surface area contributed by atoms with Crippen molar-refractivity contribution in [3.05, 3.63) is 95.6 Å². The van der Waals surface area contributed by atoms with Crippen LogP contribution in [0.25, 0.3) is 22.0 Å². The average molecular weight is 410 g/mol. The minimum Gasteiger partial charge on any atom is -0.478 e. The van der Waals surface area contributed by atoms with E-state index in [-0.39, 0.29) is 11.5 Å². The lowest BCUT2D eigenvalue weighted by atomic mass is 9.93. The molecule has 3 aromatic carbocycles. The van der Waals surface area contributed by atoms with E-state index in [1.165, 1.54) is 6.07 Å². The number of hydrogen-bond donors (Lipinski definition) is 2. The molecule has 5 nitrogen and oxygen atoms in total. The molecular weight excluding hydrogens is 388 g/mol. The standard InChI is InChI=1S/C26H22N2O3/c1-2-7-18-10-6-11-21(17-8-4-3-5-9-17)24(18)25(29)28-23-15-13-19-16-20(26(30)31)12-14-22(19)27-23/h3-6,8-16H,2,7H2,1H3,(H,30,31)(H,27,28,29). The van der Waals surface area contributed by atoms with Gasteiger partial charge in [0.25, 0.3) is 5.91 Å². The summed E-state index contributed by atoms with van der Waals surface area (Å²) < 4.78 is 0. The fraction of sp³-hybridized carbons (Fsp3) is 0.115. The Morgan fingerprint density at radius 3 is 2.48 bits per heavy atom. The molecule has 31 heavy (non-hydrogen) atoms. The van der Waals surface area contributed by atoms with Crippen LogP contribution in [0.3, 0.4) is 0 Å². The maximum absolute atomic E-state index is 13.4. The zero-order chi connectivity index (χ0) is 21.8. The maximum Gasteiger partial charge on any atom is 0.335 e. The predicted octanol–water partition coefficient (Wildman–Crippen LogP) is 5.80. The van der Waals surface area contributed by atoms with Gasteiger partial charge in [0.2, 0.25) is 0 Å². The third kappa shape index (κ3) is 4.31. The van der Waals surface area contributed by atoms with E-state index in [0.717, 1.165) is 29.5 Å². The Balaban J connectivity index is 1.71. The van der Waals surface area contributed by atoms with Gasteiger partial charge in [-0.2, -0.15) is 0 Å². The van der Waals surface area contributed by atoms with E-state index in [4.69, 9.17) is 5.11 Å². The Morgan fingerprint density at radius 2 is 1.74 bits per heavy atom. The summed E-state index contributed by atoms with van der Waals surface area (Å²) in [6.07, 6.45) is 1.73. The Morgan fingerprint density at radius 1 is 0.935 bits per heavy atom. The molecule has 0 aliphatic rings. The second-order valence-corrected chi connectivity index (χ2v) is 7.32. The molecular formula is C26H22N2O3. The smallest absolute Gasteiger partial charge is 0.335 e. The lowest BCUT2D eigenvalue weighted by molar-refractivity contribution is 0.0697. The number of aromatic carboxylic acids is 1. The minimum atomic E-state index is -0.986. The van der Waals surface area contributed by atoms with Crippen LogP contribution in [-0.4, -0.2) is 22.0 Å². The van der Waals surface area contributed by atoms with Gasteiger partial charge < -0.3 is 10.4 Å². The summed E-state index contributed by atoms with van der Waals surface area (Å²) in [5, 5.41) is 12.8. The molecule has 1 heterocycles. The predicted molar refractivity (Wildman–Crippen MR) is 123 cm³/mol. The van der Waals surface area contributed by atoms with Crippen molar-refractivity contribution >= 4 is 28.6 Å². The van der Waals surface area contributed by atoms with Crippen LogP contribution >= 0.6 is 0 Å². The van der Waals surface area contributed by atoms with Gasteiger partial charge in [0.1, 0.15) is 5.82 Å². The number of anilines is 1. The molecule has 0 aliphatic carbocycles. The van der Waals surface area contributed by atoms with E-state index in [1.54, 1.807) is 24.3 Å². The summed E-state index contributed by atoms with van der Waals surface area (Å²) in [6.45, 7) is 2.09. The number of rotatable bonds is 6. The minimum absolute atomic E-state index is 0.201. The second kappa shape index (κ2) is 8.79. The molecule has 0 radical (unpaired) electrons. The topological polar surface area (TPSA) is 79.3 Å². The van der Waals surface area contributed by atoms with Crippen molar-refractivity contribution in [2.24, 2.45) is 0 Å². The largest absolute Gasteiger partial charge is 0.478 e. The zero-order valence-electron chi connectivity index (χ0n) is 17.1. The van der Waals surface area contributed by atoms with Gasteiger partial charge in [-0.05, 0) is 53.4 Å². The number of carbonyl (C=O) groups excluding carboxylic acids is 1. The average Bonchev–Trinajstić information content (AvgIpc) is 2.79. The first-order valence-corrected chi connectivity index (χ1v) is 10.2. The number of fused-ring (bicyclic) bond motifs is 1. The van der Waals surface area contributed by atoms with Gasteiger partial charge in [-0.15, -0.1) is 0 Å². The number of aromatic nitrogens is 1. The van der Waals surface area contributed by atoms with Gasteiger partial charge in [0.05, 0.1) is 16.6 Å². The third-order valence-corrected chi connectivity index (χ3v) is 5.16.